The maximum atomic E-state index is 12.2. The summed E-state index contributed by atoms with van der Waals surface area (Å²) in [5, 5.41) is 5.83. The molecule has 7 heteroatoms. The molecule has 2 aromatic carbocycles. The largest absolute Gasteiger partial charge is 0.370 e. The van der Waals surface area contributed by atoms with Crippen molar-refractivity contribution in [3.05, 3.63) is 65.2 Å². The topological polar surface area (TPSA) is 71.9 Å². The molecule has 2 aromatic rings. The van der Waals surface area contributed by atoms with Gasteiger partial charge in [0.2, 0.25) is 11.8 Å². The number of carbonyl (C=O) groups is 2. The number of amides is 2. The van der Waals surface area contributed by atoms with Gasteiger partial charge in [0.1, 0.15) is 19.6 Å². The van der Waals surface area contributed by atoms with Gasteiger partial charge in [0, 0.05) is 17.8 Å². The highest BCUT2D eigenvalue weighted by Gasteiger charge is 2.16. The molecule has 160 valence electrons. The molecule has 2 amide bonds. The molecule has 30 heavy (non-hydrogen) atoms. The third-order valence-electron chi connectivity index (χ3n) is 5.04. The zero-order valence-electron chi connectivity index (χ0n) is 17.4. The van der Waals surface area contributed by atoms with E-state index in [2.05, 4.69) is 22.8 Å². The van der Waals surface area contributed by atoms with Crippen LogP contribution in [0.1, 0.15) is 16.7 Å². The minimum atomic E-state index is -0.101. The van der Waals surface area contributed by atoms with Crippen molar-refractivity contribution >= 4 is 29.3 Å². The molecule has 1 saturated heterocycles. The summed E-state index contributed by atoms with van der Waals surface area (Å²) >= 11 is 1.32. The van der Waals surface area contributed by atoms with Gasteiger partial charge in [-0.2, -0.15) is 0 Å². The molecule has 3 rings (SSSR count). The lowest BCUT2D eigenvalue weighted by molar-refractivity contribution is -0.921. The van der Waals surface area contributed by atoms with E-state index in [1.54, 1.807) is 0 Å². The van der Waals surface area contributed by atoms with Crippen molar-refractivity contribution in [2.24, 2.45) is 0 Å². The van der Waals surface area contributed by atoms with E-state index in [1.165, 1.54) is 22.2 Å². The van der Waals surface area contributed by atoms with Crippen LogP contribution < -0.4 is 15.5 Å². The molecule has 0 radical (unpaired) electrons. The second-order valence-corrected chi connectivity index (χ2v) is 8.48. The quantitative estimate of drug-likeness (QED) is 0.565. The molecule has 6 nitrogen and oxygen atoms in total. The molecule has 1 aliphatic heterocycles. The summed E-state index contributed by atoms with van der Waals surface area (Å²) in [4.78, 5) is 25.7. The lowest BCUT2D eigenvalue weighted by Gasteiger charge is -2.24. The average molecular weight is 429 g/mol. The minimum absolute atomic E-state index is 0.0586. The van der Waals surface area contributed by atoms with Crippen molar-refractivity contribution in [1.29, 1.82) is 0 Å². The summed E-state index contributed by atoms with van der Waals surface area (Å²) in [7, 11) is 0. The molecule has 0 aliphatic carbocycles. The maximum Gasteiger partial charge on any atom is 0.234 e. The number of hydrogen-bond donors (Lipinski definition) is 3. The van der Waals surface area contributed by atoms with Crippen molar-refractivity contribution in [3.8, 4) is 0 Å². The van der Waals surface area contributed by atoms with Gasteiger partial charge in [0.15, 0.2) is 0 Å². The number of carbonyl (C=O) groups excluding carboxylic acids is 2. The first-order chi connectivity index (χ1) is 14.6. The van der Waals surface area contributed by atoms with Crippen LogP contribution in [0.15, 0.2) is 48.5 Å². The molecule has 0 bridgehead atoms. The van der Waals surface area contributed by atoms with Crippen LogP contribution in [-0.2, 0) is 27.4 Å². The number of nitrogens with one attached hydrogen (secondary N) is 3. The fourth-order valence-electron chi connectivity index (χ4n) is 3.32. The van der Waals surface area contributed by atoms with Gasteiger partial charge in [0.25, 0.3) is 0 Å². The van der Waals surface area contributed by atoms with Crippen molar-refractivity contribution in [3.63, 3.8) is 0 Å². The van der Waals surface area contributed by atoms with Crippen LogP contribution in [0.3, 0.4) is 0 Å². The predicted octanol–water partition coefficient (Wildman–Crippen LogP) is 1.40. The summed E-state index contributed by atoms with van der Waals surface area (Å²) in [5.41, 5.74) is 4.33. The predicted molar refractivity (Wildman–Crippen MR) is 121 cm³/mol. The van der Waals surface area contributed by atoms with E-state index in [-0.39, 0.29) is 23.3 Å². The zero-order chi connectivity index (χ0) is 21.2. The van der Waals surface area contributed by atoms with Gasteiger partial charge in [0.05, 0.1) is 24.7 Å². The Balaban J connectivity index is 1.38. The summed E-state index contributed by atoms with van der Waals surface area (Å²) in [6.45, 7) is 7.11. The number of quaternary nitrogens is 1. The van der Waals surface area contributed by atoms with Gasteiger partial charge in [-0.05, 0) is 24.6 Å². The van der Waals surface area contributed by atoms with Gasteiger partial charge in [-0.25, -0.2) is 0 Å². The molecule has 1 aliphatic rings. The van der Waals surface area contributed by atoms with Crippen LogP contribution in [0.25, 0.3) is 0 Å². The average Bonchev–Trinajstić information content (AvgIpc) is 2.75. The van der Waals surface area contributed by atoms with Gasteiger partial charge in [-0.1, -0.05) is 42.0 Å². The van der Waals surface area contributed by atoms with E-state index in [4.69, 9.17) is 4.74 Å². The van der Waals surface area contributed by atoms with Crippen LogP contribution in [0.2, 0.25) is 0 Å². The highest BCUT2D eigenvalue weighted by molar-refractivity contribution is 8.00. The molecule has 0 saturated carbocycles. The minimum Gasteiger partial charge on any atom is -0.370 e. The summed E-state index contributed by atoms with van der Waals surface area (Å²) < 4.78 is 5.43. The SMILES string of the molecule is Cc1ccc(NC(=O)CSCC(=O)NCc2ccccc2C[NH+]2CCOCC2)cc1. The van der Waals surface area contributed by atoms with Crippen LogP contribution in [0.5, 0.6) is 0 Å². The lowest BCUT2D eigenvalue weighted by atomic mass is 10.1. The molecule has 3 N–H and O–H groups in total. The third-order valence-corrected chi connectivity index (χ3v) is 5.97. The van der Waals surface area contributed by atoms with Gasteiger partial charge >= 0.3 is 0 Å². The van der Waals surface area contributed by atoms with Crippen molar-refractivity contribution < 1.29 is 19.2 Å². The van der Waals surface area contributed by atoms with E-state index in [0.717, 1.165) is 49.7 Å². The Morgan fingerprint density at radius 2 is 1.63 bits per heavy atom. The summed E-state index contributed by atoms with van der Waals surface area (Å²) in [6, 6.07) is 15.9. The Hall–Kier alpha value is -2.35. The first-order valence-electron chi connectivity index (χ1n) is 10.3. The Bertz CT molecular complexity index is 836. The fraction of sp³-hybridized carbons (Fsp3) is 0.391. The van der Waals surface area contributed by atoms with Crippen molar-refractivity contribution in [2.75, 3.05) is 43.1 Å². The van der Waals surface area contributed by atoms with Gasteiger partial charge in [-0.3, -0.25) is 9.59 Å². The Kier molecular flexibility index (Phi) is 8.74. The number of hydrogen-bond acceptors (Lipinski definition) is 4. The Labute approximate surface area is 182 Å². The molecule has 0 atom stereocenters. The molecule has 0 aromatic heterocycles. The molecule has 0 unspecified atom stereocenters. The highest BCUT2D eigenvalue weighted by atomic mass is 32.2. The number of ether oxygens (including phenoxy) is 1. The van der Waals surface area contributed by atoms with E-state index in [9.17, 15) is 9.59 Å². The van der Waals surface area contributed by atoms with E-state index in [0.29, 0.717) is 6.54 Å². The number of anilines is 1. The van der Waals surface area contributed by atoms with Crippen molar-refractivity contribution in [1.82, 2.24) is 5.32 Å². The summed E-state index contributed by atoms with van der Waals surface area (Å²) in [5.74, 6) is 0.350. The Morgan fingerprint density at radius 1 is 0.967 bits per heavy atom. The maximum absolute atomic E-state index is 12.2. The lowest BCUT2D eigenvalue weighted by Crippen LogP contribution is -3.12. The van der Waals surface area contributed by atoms with Crippen LogP contribution in [-0.4, -0.2) is 49.6 Å². The number of aryl methyl sites for hydroxylation is 1. The van der Waals surface area contributed by atoms with Gasteiger partial charge in [-0.15, -0.1) is 11.8 Å². The molecular weight excluding hydrogens is 398 g/mol. The zero-order valence-corrected chi connectivity index (χ0v) is 18.2. The Morgan fingerprint density at radius 3 is 2.37 bits per heavy atom. The molecule has 1 fully saturated rings. The van der Waals surface area contributed by atoms with Crippen LogP contribution in [0.4, 0.5) is 5.69 Å². The van der Waals surface area contributed by atoms with Gasteiger partial charge < -0.3 is 20.3 Å². The van der Waals surface area contributed by atoms with E-state index < -0.39 is 0 Å². The first-order valence-corrected chi connectivity index (χ1v) is 11.4. The fourth-order valence-corrected chi connectivity index (χ4v) is 3.97. The second-order valence-electron chi connectivity index (χ2n) is 7.49. The second kappa shape index (κ2) is 11.7. The standard InChI is InChI=1S/C23H29N3O3S/c1-18-6-8-21(9-7-18)25-23(28)17-30-16-22(27)24-14-19-4-2-3-5-20(19)15-26-10-12-29-13-11-26/h2-9H,10-17H2,1H3,(H,24,27)(H,25,28)/p+1. The van der Waals surface area contributed by atoms with E-state index in [1.807, 2.05) is 43.3 Å². The summed E-state index contributed by atoms with van der Waals surface area (Å²) in [6.07, 6.45) is 0. The number of morpholine rings is 1. The monoisotopic (exact) mass is 428 g/mol. The number of thioether (sulfide) groups is 1. The third kappa shape index (κ3) is 7.48. The highest BCUT2D eigenvalue weighted by Crippen LogP contribution is 2.10. The van der Waals surface area contributed by atoms with Crippen molar-refractivity contribution in [2.45, 2.75) is 20.0 Å². The normalized spacial score (nSPS) is 14.3. The van der Waals surface area contributed by atoms with Crippen LogP contribution in [0, 0.1) is 6.92 Å². The number of rotatable bonds is 9. The van der Waals surface area contributed by atoms with E-state index >= 15 is 0 Å². The first kappa shape index (κ1) is 22.3. The molecular formula is C23H30N3O3S+. The molecule has 1 heterocycles. The smallest absolute Gasteiger partial charge is 0.234 e. The molecule has 0 spiro atoms. The van der Waals surface area contributed by atoms with Crippen LogP contribution >= 0.6 is 11.8 Å². The number of benzene rings is 2.